The summed E-state index contributed by atoms with van der Waals surface area (Å²) in [6.45, 7) is 5.61. The van der Waals surface area contributed by atoms with Gasteiger partial charge < -0.3 is 14.5 Å². The van der Waals surface area contributed by atoms with Gasteiger partial charge in [-0.3, -0.25) is 4.79 Å². The van der Waals surface area contributed by atoms with E-state index in [4.69, 9.17) is 4.74 Å². The zero-order chi connectivity index (χ0) is 21.5. The molecular formula is C25H28N4O2. The van der Waals surface area contributed by atoms with Crippen molar-refractivity contribution >= 4 is 11.7 Å². The van der Waals surface area contributed by atoms with Crippen molar-refractivity contribution in [1.82, 2.24) is 14.9 Å². The Balaban J connectivity index is 1.33. The fourth-order valence-corrected chi connectivity index (χ4v) is 3.81. The summed E-state index contributed by atoms with van der Waals surface area (Å²) >= 11 is 0. The Morgan fingerprint density at radius 2 is 1.71 bits per heavy atom. The second-order valence-electron chi connectivity index (χ2n) is 7.57. The molecule has 3 aromatic rings. The Labute approximate surface area is 183 Å². The third-order valence-corrected chi connectivity index (χ3v) is 5.54. The maximum atomic E-state index is 12.6. The molecule has 0 aliphatic carbocycles. The highest BCUT2D eigenvalue weighted by Gasteiger charge is 2.22. The highest BCUT2D eigenvalue weighted by Crippen LogP contribution is 2.24. The van der Waals surface area contributed by atoms with Gasteiger partial charge in [0.2, 0.25) is 5.91 Å². The van der Waals surface area contributed by atoms with Crippen LogP contribution < -0.4 is 9.64 Å². The first kappa shape index (κ1) is 20.8. The monoisotopic (exact) mass is 416 g/mol. The number of aryl methyl sites for hydroxylation is 1. The van der Waals surface area contributed by atoms with Crippen LogP contribution in [0.5, 0.6) is 5.75 Å². The van der Waals surface area contributed by atoms with Gasteiger partial charge in [0.25, 0.3) is 0 Å². The number of amides is 1. The van der Waals surface area contributed by atoms with Crippen LogP contribution in [-0.2, 0) is 11.2 Å². The Morgan fingerprint density at radius 3 is 2.42 bits per heavy atom. The lowest BCUT2D eigenvalue weighted by Crippen LogP contribution is -2.49. The molecule has 0 radical (unpaired) electrons. The number of aromatic nitrogens is 2. The van der Waals surface area contributed by atoms with Crippen LogP contribution in [0, 0.1) is 0 Å². The predicted octanol–water partition coefficient (Wildman–Crippen LogP) is 3.82. The van der Waals surface area contributed by atoms with Crippen LogP contribution in [0.15, 0.2) is 67.0 Å². The highest BCUT2D eigenvalue weighted by molar-refractivity contribution is 5.76. The Hall–Kier alpha value is -3.41. The number of benzene rings is 2. The fraction of sp³-hybridized carbons (Fsp3) is 0.320. The average Bonchev–Trinajstić information content (AvgIpc) is 2.84. The van der Waals surface area contributed by atoms with Gasteiger partial charge in [-0.15, -0.1) is 0 Å². The second-order valence-corrected chi connectivity index (χ2v) is 7.57. The number of carbonyl (C=O) groups is 1. The van der Waals surface area contributed by atoms with E-state index in [0.29, 0.717) is 13.0 Å². The number of piperazine rings is 1. The van der Waals surface area contributed by atoms with Crippen LogP contribution in [0.25, 0.3) is 11.3 Å². The first-order chi connectivity index (χ1) is 15.2. The van der Waals surface area contributed by atoms with E-state index in [2.05, 4.69) is 27.0 Å². The first-order valence-corrected chi connectivity index (χ1v) is 10.8. The molecular weight excluding hydrogens is 388 g/mol. The zero-order valence-electron chi connectivity index (χ0n) is 17.9. The molecule has 1 saturated heterocycles. The van der Waals surface area contributed by atoms with Crippen molar-refractivity contribution in [2.45, 2.75) is 19.8 Å². The van der Waals surface area contributed by atoms with Crippen molar-refractivity contribution < 1.29 is 9.53 Å². The highest BCUT2D eigenvalue weighted by atomic mass is 16.5. The molecule has 2 heterocycles. The van der Waals surface area contributed by atoms with Crippen molar-refractivity contribution in [2.24, 2.45) is 0 Å². The van der Waals surface area contributed by atoms with Crippen LogP contribution in [-0.4, -0.2) is 53.6 Å². The number of ether oxygens (including phenoxy) is 1. The van der Waals surface area contributed by atoms with Gasteiger partial charge in [-0.2, -0.15) is 0 Å². The smallest absolute Gasteiger partial charge is 0.223 e. The summed E-state index contributed by atoms with van der Waals surface area (Å²) < 4.78 is 5.51. The van der Waals surface area contributed by atoms with E-state index < -0.39 is 0 Å². The number of hydrogen-bond acceptors (Lipinski definition) is 5. The predicted molar refractivity (Wildman–Crippen MR) is 122 cm³/mol. The van der Waals surface area contributed by atoms with E-state index in [1.165, 1.54) is 5.56 Å². The number of rotatable bonds is 7. The van der Waals surface area contributed by atoms with Crippen LogP contribution in [0.3, 0.4) is 0 Å². The quantitative estimate of drug-likeness (QED) is 0.586. The van der Waals surface area contributed by atoms with E-state index in [9.17, 15) is 4.79 Å². The summed E-state index contributed by atoms with van der Waals surface area (Å²) in [5, 5.41) is 0. The van der Waals surface area contributed by atoms with Gasteiger partial charge in [0.15, 0.2) is 0 Å². The van der Waals surface area contributed by atoms with Crippen molar-refractivity contribution in [3.05, 3.63) is 72.6 Å². The third-order valence-electron chi connectivity index (χ3n) is 5.54. The lowest BCUT2D eigenvalue weighted by atomic mass is 10.1. The summed E-state index contributed by atoms with van der Waals surface area (Å²) in [5.41, 5.74) is 3.12. The summed E-state index contributed by atoms with van der Waals surface area (Å²) in [7, 11) is 0. The Kier molecular flexibility index (Phi) is 6.77. The van der Waals surface area contributed by atoms with E-state index in [1.54, 1.807) is 6.33 Å². The summed E-state index contributed by atoms with van der Waals surface area (Å²) in [5.74, 6) is 1.98. The standard InChI is InChI=1S/C25H28N4O2/c1-2-31-22-11-9-21(10-12-22)23-18-24(27-19-26-23)28-14-16-29(17-15-28)25(30)13-8-20-6-4-3-5-7-20/h3-7,9-12,18-19H,2,8,13-17H2,1H3. The van der Waals surface area contributed by atoms with Crippen LogP contribution in [0.1, 0.15) is 18.9 Å². The van der Waals surface area contributed by atoms with Gasteiger partial charge in [-0.1, -0.05) is 30.3 Å². The number of carbonyl (C=O) groups excluding carboxylic acids is 1. The second kappa shape index (κ2) is 10.1. The Bertz CT molecular complexity index is 984. The lowest BCUT2D eigenvalue weighted by molar-refractivity contribution is -0.131. The normalized spacial score (nSPS) is 13.8. The Morgan fingerprint density at radius 1 is 0.968 bits per heavy atom. The maximum absolute atomic E-state index is 12.6. The first-order valence-electron chi connectivity index (χ1n) is 10.8. The molecule has 2 aromatic carbocycles. The average molecular weight is 417 g/mol. The van der Waals surface area contributed by atoms with Gasteiger partial charge in [0.05, 0.1) is 12.3 Å². The van der Waals surface area contributed by atoms with E-state index >= 15 is 0 Å². The molecule has 0 saturated carbocycles. The molecule has 0 atom stereocenters. The minimum atomic E-state index is 0.223. The van der Waals surface area contributed by atoms with Crippen molar-refractivity contribution in [3.63, 3.8) is 0 Å². The fourth-order valence-electron chi connectivity index (χ4n) is 3.81. The molecule has 1 aliphatic heterocycles. The number of anilines is 1. The topological polar surface area (TPSA) is 58.6 Å². The van der Waals surface area contributed by atoms with Crippen molar-refractivity contribution in [3.8, 4) is 17.0 Å². The molecule has 6 nitrogen and oxygen atoms in total. The zero-order valence-corrected chi connectivity index (χ0v) is 17.9. The third kappa shape index (κ3) is 5.40. The van der Waals surface area contributed by atoms with Crippen LogP contribution in [0.4, 0.5) is 5.82 Å². The lowest BCUT2D eigenvalue weighted by Gasteiger charge is -2.35. The molecule has 4 rings (SSSR count). The van der Waals surface area contributed by atoms with Gasteiger partial charge in [-0.25, -0.2) is 9.97 Å². The van der Waals surface area contributed by atoms with Crippen LogP contribution in [0.2, 0.25) is 0 Å². The molecule has 0 spiro atoms. The number of hydrogen-bond donors (Lipinski definition) is 0. The molecule has 1 aliphatic rings. The molecule has 0 unspecified atom stereocenters. The summed E-state index contributed by atoms with van der Waals surface area (Å²) in [6.07, 6.45) is 2.95. The molecule has 1 amide bonds. The minimum Gasteiger partial charge on any atom is -0.494 e. The van der Waals surface area contributed by atoms with Gasteiger partial charge in [0.1, 0.15) is 17.9 Å². The molecule has 0 N–H and O–H groups in total. The summed E-state index contributed by atoms with van der Waals surface area (Å²) in [4.78, 5) is 25.7. The van der Waals surface area contributed by atoms with Gasteiger partial charge in [0, 0.05) is 44.2 Å². The minimum absolute atomic E-state index is 0.223. The molecule has 1 fully saturated rings. The van der Waals surface area contributed by atoms with Gasteiger partial charge in [-0.05, 0) is 43.2 Å². The van der Waals surface area contributed by atoms with E-state index in [1.807, 2.05) is 60.4 Å². The SMILES string of the molecule is CCOc1ccc(-c2cc(N3CCN(C(=O)CCc4ccccc4)CC3)ncn2)cc1. The van der Waals surface area contributed by atoms with Crippen LogP contribution >= 0.6 is 0 Å². The van der Waals surface area contributed by atoms with E-state index in [-0.39, 0.29) is 5.91 Å². The maximum Gasteiger partial charge on any atom is 0.223 e. The summed E-state index contributed by atoms with van der Waals surface area (Å²) in [6, 6.07) is 20.1. The largest absolute Gasteiger partial charge is 0.494 e. The molecule has 6 heteroatoms. The van der Waals surface area contributed by atoms with Gasteiger partial charge >= 0.3 is 0 Å². The number of nitrogens with zero attached hydrogens (tertiary/aromatic N) is 4. The van der Waals surface area contributed by atoms with Crippen molar-refractivity contribution in [1.29, 1.82) is 0 Å². The molecule has 0 bridgehead atoms. The molecule has 160 valence electrons. The van der Waals surface area contributed by atoms with Crippen molar-refractivity contribution in [2.75, 3.05) is 37.7 Å². The molecule has 31 heavy (non-hydrogen) atoms. The van der Waals surface area contributed by atoms with E-state index in [0.717, 1.165) is 55.4 Å². The molecule has 1 aromatic heterocycles.